The number of hydrogen-bond acceptors (Lipinski definition) is 3. The number of rotatable bonds is 10. The monoisotopic (exact) mass is 380 g/mol. The molecule has 1 aliphatic heterocycles. The summed E-state index contributed by atoms with van der Waals surface area (Å²) in [5.41, 5.74) is 8.66. The Hall–Kier alpha value is -1.87. The van der Waals surface area contributed by atoms with Gasteiger partial charge in [0, 0.05) is 18.1 Å². The summed E-state index contributed by atoms with van der Waals surface area (Å²) in [5.74, 6) is 0. The molecule has 0 amide bonds. The van der Waals surface area contributed by atoms with Crippen molar-refractivity contribution in [2.75, 3.05) is 4.41 Å². The molecule has 3 heteroatoms. The van der Waals surface area contributed by atoms with Crippen LogP contribution >= 0.6 is 11.9 Å². The van der Waals surface area contributed by atoms with Crippen LogP contribution in [0.15, 0.2) is 54.7 Å². The number of nitrogens with one attached hydrogen (secondary N) is 1. The van der Waals surface area contributed by atoms with E-state index in [0.717, 1.165) is 6.42 Å². The quantitative estimate of drug-likeness (QED) is 0.349. The number of anilines is 1. The molecule has 0 spiro atoms. The standard InChI is InChI=1S/C24H32N2S/c1-3-5-6-7-8-9-10-21-11-15-22(16-12-21)24-19-25-26(27-24)23-17-13-20(4-2)14-18-23/h11-19,25H,3-10H2,1-2H3. The summed E-state index contributed by atoms with van der Waals surface area (Å²) >= 11 is 1.75. The molecule has 0 saturated heterocycles. The highest BCUT2D eigenvalue weighted by atomic mass is 32.2. The molecule has 1 heterocycles. The van der Waals surface area contributed by atoms with Crippen LogP contribution < -0.4 is 9.84 Å². The first kappa shape index (κ1) is 19.9. The molecule has 0 aromatic heterocycles. The molecule has 0 unspecified atom stereocenters. The van der Waals surface area contributed by atoms with E-state index in [0.29, 0.717) is 0 Å². The molecule has 0 bridgehead atoms. The zero-order valence-corrected chi connectivity index (χ0v) is 17.5. The Balaban J connectivity index is 1.47. The third-order valence-corrected chi connectivity index (χ3v) is 6.19. The van der Waals surface area contributed by atoms with Crippen LogP contribution in [0, 0.1) is 0 Å². The van der Waals surface area contributed by atoms with Gasteiger partial charge in [0.1, 0.15) is 0 Å². The van der Waals surface area contributed by atoms with Crippen molar-refractivity contribution >= 4 is 22.5 Å². The Morgan fingerprint density at radius 2 is 1.44 bits per heavy atom. The SMILES string of the molecule is CCCCCCCCc1ccc(C2=CNN(c3ccc(CC)cc3)S2)cc1. The Kier molecular flexibility index (Phi) is 7.70. The second-order valence-corrected chi connectivity index (χ2v) is 8.25. The first-order valence-corrected chi connectivity index (χ1v) is 11.2. The highest BCUT2D eigenvalue weighted by molar-refractivity contribution is 8.09. The molecule has 0 radical (unpaired) electrons. The molecule has 1 N–H and O–H groups in total. The van der Waals surface area contributed by atoms with Crippen LogP contribution in [0.3, 0.4) is 0 Å². The molecule has 2 aromatic rings. The topological polar surface area (TPSA) is 15.3 Å². The van der Waals surface area contributed by atoms with Crippen LogP contribution in [0.5, 0.6) is 0 Å². The fourth-order valence-corrected chi connectivity index (χ4v) is 4.22. The Morgan fingerprint density at radius 1 is 0.778 bits per heavy atom. The van der Waals surface area contributed by atoms with E-state index in [4.69, 9.17) is 0 Å². The van der Waals surface area contributed by atoms with Crippen molar-refractivity contribution in [1.82, 2.24) is 5.43 Å². The van der Waals surface area contributed by atoms with E-state index in [2.05, 4.69) is 78.4 Å². The molecule has 0 saturated carbocycles. The molecule has 1 aliphatic rings. The predicted molar refractivity (Wildman–Crippen MR) is 121 cm³/mol. The van der Waals surface area contributed by atoms with Gasteiger partial charge < -0.3 is 0 Å². The number of benzene rings is 2. The highest BCUT2D eigenvalue weighted by Gasteiger charge is 2.17. The molecule has 0 fully saturated rings. The van der Waals surface area contributed by atoms with Gasteiger partial charge in [-0.25, -0.2) is 4.41 Å². The molecular weight excluding hydrogens is 348 g/mol. The van der Waals surface area contributed by atoms with Gasteiger partial charge in [-0.1, -0.05) is 82.3 Å². The number of unbranched alkanes of at least 4 members (excludes halogenated alkanes) is 5. The maximum absolute atomic E-state index is 3.37. The second-order valence-electron chi connectivity index (χ2n) is 7.26. The molecule has 144 valence electrons. The lowest BCUT2D eigenvalue weighted by Gasteiger charge is -2.17. The van der Waals surface area contributed by atoms with Gasteiger partial charge in [-0.2, -0.15) is 0 Å². The van der Waals surface area contributed by atoms with E-state index in [1.807, 2.05) is 0 Å². The molecule has 3 rings (SSSR count). The van der Waals surface area contributed by atoms with Crippen LogP contribution in [-0.2, 0) is 12.8 Å². The van der Waals surface area contributed by atoms with E-state index in [1.165, 1.54) is 72.2 Å². The van der Waals surface area contributed by atoms with Crippen molar-refractivity contribution in [3.8, 4) is 0 Å². The normalized spacial score (nSPS) is 13.6. The maximum Gasteiger partial charge on any atom is 0.0704 e. The largest absolute Gasteiger partial charge is 0.294 e. The summed E-state index contributed by atoms with van der Waals surface area (Å²) in [6, 6.07) is 17.9. The van der Waals surface area contributed by atoms with Crippen molar-refractivity contribution in [2.24, 2.45) is 0 Å². The van der Waals surface area contributed by atoms with Crippen LogP contribution in [0.2, 0.25) is 0 Å². The summed E-state index contributed by atoms with van der Waals surface area (Å²) in [6.45, 7) is 4.46. The van der Waals surface area contributed by atoms with E-state index in [1.54, 1.807) is 11.9 Å². The lowest BCUT2D eigenvalue weighted by atomic mass is 10.0. The fraction of sp³-hybridized carbons (Fsp3) is 0.417. The fourth-order valence-electron chi connectivity index (χ4n) is 3.34. The minimum Gasteiger partial charge on any atom is -0.294 e. The Labute approximate surface area is 169 Å². The third-order valence-electron chi connectivity index (χ3n) is 5.14. The van der Waals surface area contributed by atoms with E-state index in [-0.39, 0.29) is 0 Å². The van der Waals surface area contributed by atoms with Crippen LogP contribution in [0.4, 0.5) is 5.69 Å². The number of hydrazine groups is 1. The van der Waals surface area contributed by atoms with E-state index >= 15 is 0 Å². The van der Waals surface area contributed by atoms with E-state index < -0.39 is 0 Å². The van der Waals surface area contributed by atoms with E-state index in [9.17, 15) is 0 Å². The summed E-state index contributed by atoms with van der Waals surface area (Å²) in [5, 5.41) is 0. The zero-order chi connectivity index (χ0) is 18.9. The van der Waals surface area contributed by atoms with Gasteiger partial charge in [0.2, 0.25) is 0 Å². The van der Waals surface area contributed by atoms with Gasteiger partial charge >= 0.3 is 0 Å². The smallest absolute Gasteiger partial charge is 0.0704 e. The average Bonchev–Trinajstić information content (AvgIpc) is 3.21. The highest BCUT2D eigenvalue weighted by Crippen LogP contribution is 2.36. The number of nitrogens with zero attached hydrogens (tertiary/aromatic N) is 1. The summed E-state index contributed by atoms with van der Waals surface area (Å²) < 4.78 is 2.12. The summed E-state index contributed by atoms with van der Waals surface area (Å²) in [6.07, 6.45) is 12.5. The minimum absolute atomic E-state index is 1.08. The second kappa shape index (κ2) is 10.5. The molecule has 0 atom stereocenters. The lowest BCUT2D eigenvalue weighted by molar-refractivity contribution is 0.607. The van der Waals surface area contributed by atoms with Gasteiger partial charge in [-0.05, 0) is 48.1 Å². The maximum atomic E-state index is 3.37. The Bertz CT molecular complexity index is 719. The predicted octanol–water partition coefficient (Wildman–Crippen LogP) is 7.12. The lowest BCUT2D eigenvalue weighted by Crippen LogP contribution is -2.22. The number of aryl methyl sites for hydroxylation is 2. The average molecular weight is 381 g/mol. The third kappa shape index (κ3) is 5.80. The van der Waals surface area contributed by atoms with Gasteiger partial charge in [-0.15, -0.1) is 0 Å². The van der Waals surface area contributed by atoms with Gasteiger partial charge in [-0.3, -0.25) is 5.43 Å². The Morgan fingerprint density at radius 3 is 2.15 bits per heavy atom. The first-order chi connectivity index (χ1) is 13.3. The van der Waals surface area contributed by atoms with Crippen molar-refractivity contribution in [3.05, 3.63) is 71.4 Å². The summed E-state index contributed by atoms with van der Waals surface area (Å²) in [7, 11) is 0. The summed E-state index contributed by atoms with van der Waals surface area (Å²) in [4.78, 5) is 1.26. The molecule has 2 aromatic carbocycles. The van der Waals surface area contributed by atoms with Crippen molar-refractivity contribution < 1.29 is 0 Å². The van der Waals surface area contributed by atoms with Gasteiger partial charge in [0.15, 0.2) is 0 Å². The van der Waals surface area contributed by atoms with Crippen molar-refractivity contribution in [3.63, 3.8) is 0 Å². The van der Waals surface area contributed by atoms with Gasteiger partial charge in [0.25, 0.3) is 0 Å². The van der Waals surface area contributed by atoms with Crippen LogP contribution in [0.25, 0.3) is 4.91 Å². The molecular formula is C24H32N2S. The molecule has 27 heavy (non-hydrogen) atoms. The zero-order valence-electron chi connectivity index (χ0n) is 16.7. The van der Waals surface area contributed by atoms with Crippen molar-refractivity contribution in [2.45, 2.75) is 65.2 Å². The number of hydrogen-bond donors (Lipinski definition) is 1. The molecule has 2 nitrogen and oxygen atoms in total. The van der Waals surface area contributed by atoms with Gasteiger partial charge in [0.05, 0.1) is 10.6 Å². The minimum atomic E-state index is 1.08. The van der Waals surface area contributed by atoms with Crippen molar-refractivity contribution in [1.29, 1.82) is 0 Å². The van der Waals surface area contributed by atoms with Crippen LogP contribution in [-0.4, -0.2) is 0 Å². The van der Waals surface area contributed by atoms with Crippen LogP contribution in [0.1, 0.15) is 69.1 Å². The molecule has 0 aliphatic carbocycles. The first-order valence-electron chi connectivity index (χ1n) is 10.4.